The molecule has 2 unspecified atom stereocenters. The van der Waals surface area contributed by atoms with Crippen molar-refractivity contribution in [1.82, 2.24) is 10.6 Å². The van der Waals surface area contributed by atoms with Crippen LogP contribution < -0.4 is 10.6 Å². The van der Waals surface area contributed by atoms with Crippen LogP contribution >= 0.6 is 0 Å². The van der Waals surface area contributed by atoms with E-state index in [-0.39, 0.29) is 0 Å². The minimum absolute atomic E-state index is 0.647. The van der Waals surface area contributed by atoms with Crippen molar-refractivity contribution in [3.63, 3.8) is 0 Å². The average molecular weight is 240 g/mol. The van der Waals surface area contributed by atoms with Gasteiger partial charge in [-0.15, -0.1) is 0 Å². The van der Waals surface area contributed by atoms with Gasteiger partial charge in [-0.25, -0.2) is 0 Å². The van der Waals surface area contributed by atoms with Crippen LogP contribution in [0.3, 0.4) is 0 Å². The van der Waals surface area contributed by atoms with Crippen LogP contribution in [0.15, 0.2) is 0 Å². The van der Waals surface area contributed by atoms with Crippen molar-refractivity contribution in [3.8, 4) is 0 Å². The molecule has 2 atom stereocenters. The fourth-order valence-electron chi connectivity index (χ4n) is 2.95. The van der Waals surface area contributed by atoms with Crippen molar-refractivity contribution in [1.29, 1.82) is 0 Å². The molecule has 2 N–H and O–H groups in total. The smallest absolute Gasteiger partial charge is 0.0469 e. The summed E-state index contributed by atoms with van der Waals surface area (Å²) in [6, 6.07) is 1.40. The second-order valence-corrected chi connectivity index (χ2v) is 5.75. The van der Waals surface area contributed by atoms with Crippen LogP contribution in [0.4, 0.5) is 0 Å². The van der Waals surface area contributed by atoms with E-state index in [2.05, 4.69) is 17.6 Å². The maximum absolute atomic E-state index is 5.39. The summed E-state index contributed by atoms with van der Waals surface area (Å²) in [6.07, 6.45) is 7.89. The van der Waals surface area contributed by atoms with Gasteiger partial charge in [-0.1, -0.05) is 6.42 Å². The Bertz CT molecular complexity index is 198. The van der Waals surface area contributed by atoms with Gasteiger partial charge in [0.1, 0.15) is 0 Å². The number of nitrogens with one attached hydrogen (secondary N) is 2. The summed E-state index contributed by atoms with van der Waals surface area (Å²) >= 11 is 0. The highest BCUT2D eigenvalue weighted by atomic mass is 16.5. The van der Waals surface area contributed by atoms with Gasteiger partial charge in [-0.2, -0.15) is 0 Å². The van der Waals surface area contributed by atoms with E-state index in [0.29, 0.717) is 6.04 Å². The third-order valence-corrected chi connectivity index (χ3v) is 4.15. The molecule has 3 nitrogen and oxygen atoms in total. The van der Waals surface area contributed by atoms with Gasteiger partial charge >= 0.3 is 0 Å². The highest BCUT2D eigenvalue weighted by molar-refractivity contribution is 4.78. The summed E-state index contributed by atoms with van der Waals surface area (Å²) in [6.45, 7) is 6.65. The van der Waals surface area contributed by atoms with Crippen molar-refractivity contribution < 1.29 is 4.74 Å². The number of hydrogen-bond donors (Lipinski definition) is 2. The minimum atomic E-state index is 0.647. The van der Waals surface area contributed by atoms with Crippen molar-refractivity contribution in [2.24, 2.45) is 5.92 Å². The van der Waals surface area contributed by atoms with E-state index in [9.17, 15) is 0 Å². The largest absolute Gasteiger partial charge is 0.381 e. The molecule has 0 saturated carbocycles. The first-order valence-corrected chi connectivity index (χ1v) is 7.39. The molecular weight excluding hydrogens is 212 g/mol. The summed E-state index contributed by atoms with van der Waals surface area (Å²) in [5, 5.41) is 7.33. The molecule has 2 fully saturated rings. The standard InChI is InChI=1S/C14H28N2O/c1-12(10-14-4-2-3-7-15-14)16-11-13-5-8-17-9-6-13/h12-16H,2-11H2,1H3. The average Bonchev–Trinajstić information content (AvgIpc) is 2.39. The highest BCUT2D eigenvalue weighted by Crippen LogP contribution is 2.15. The molecule has 17 heavy (non-hydrogen) atoms. The molecule has 2 heterocycles. The molecule has 0 bridgehead atoms. The van der Waals surface area contributed by atoms with E-state index >= 15 is 0 Å². The van der Waals surface area contributed by atoms with Crippen LogP contribution in [0, 0.1) is 5.92 Å². The van der Waals surface area contributed by atoms with Crippen molar-refractivity contribution in [2.45, 2.75) is 57.5 Å². The Kier molecular flexibility index (Phi) is 5.75. The molecule has 2 rings (SSSR count). The zero-order valence-electron chi connectivity index (χ0n) is 11.2. The van der Waals surface area contributed by atoms with Crippen molar-refractivity contribution in [3.05, 3.63) is 0 Å². The lowest BCUT2D eigenvalue weighted by Gasteiger charge is -2.28. The topological polar surface area (TPSA) is 33.3 Å². The van der Waals surface area contributed by atoms with Gasteiger partial charge in [0, 0.05) is 25.3 Å². The molecule has 2 aliphatic rings. The zero-order chi connectivity index (χ0) is 11.9. The fourth-order valence-corrected chi connectivity index (χ4v) is 2.95. The molecule has 100 valence electrons. The number of ether oxygens (including phenoxy) is 1. The van der Waals surface area contributed by atoms with Gasteiger partial charge in [0.2, 0.25) is 0 Å². The predicted molar refractivity (Wildman–Crippen MR) is 71.3 cm³/mol. The Morgan fingerprint density at radius 3 is 2.76 bits per heavy atom. The number of piperidine rings is 1. The molecule has 0 aromatic rings. The van der Waals surface area contributed by atoms with Gasteiger partial charge < -0.3 is 15.4 Å². The fraction of sp³-hybridized carbons (Fsp3) is 1.00. The minimum Gasteiger partial charge on any atom is -0.381 e. The zero-order valence-corrected chi connectivity index (χ0v) is 11.2. The monoisotopic (exact) mass is 240 g/mol. The summed E-state index contributed by atoms with van der Waals surface area (Å²) < 4.78 is 5.39. The first kappa shape index (κ1) is 13.3. The number of rotatable bonds is 5. The molecular formula is C14H28N2O. The Hall–Kier alpha value is -0.120. The van der Waals surface area contributed by atoms with E-state index in [0.717, 1.165) is 25.2 Å². The number of hydrogen-bond acceptors (Lipinski definition) is 3. The summed E-state index contributed by atoms with van der Waals surface area (Å²) in [4.78, 5) is 0. The summed E-state index contributed by atoms with van der Waals surface area (Å²) in [5.41, 5.74) is 0. The predicted octanol–water partition coefficient (Wildman–Crippen LogP) is 1.92. The van der Waals surface area contributed by atoms with Crippen LogP contribution in [0.25, 0.3) is 0 Å². The second-order valence-electron chi connectivity index (χ2n) is 5.75. The lowest BCUT2D eigenvalue weighted by atomic mass is 9.97. The Morgan fingerprint density at radius 2 is 2.06 bits per heavy atom. The van der Waals surface area contributed by atoms with Gasteiger partial charge in [0.15, 0.2) is 0 Å². The molecule has 3 heteroatoms. The maximum Gasteiger partial charge on any atom is 0.0469 e. The van der Waals surface area contributed by atoms with E-state index in [1.54, 1.807) is 0 Å². The quantitative estimate of drug-likeness (QED) is 0.770. The first-order chi connectivity index (χ1) is 8.34. The van der Waals surface area contributed by atoms with E-state index in [1.807, 2.05) is 0 Å². The molecule has 0 aromatic heterocycles. The van der Waals surface area contributed by atoms with E-state index in [1.165, 1.54) is 51.6 Å². The highest BCUT2D eigenvalue weighted by Gasteiger charge is 2.17. The van der Waals surface area contributed by atoms with Gasteiger partial charge in [-0.05, 0) is 58.0 Å². The first-order valence-electron chi connectivity index (χ1n) is 7.39. The molecule has 0 radical (unpaired) electrons. The Balaban J connectivity index is 1.57. The lowest BCUT2D eigenvalue weighted by molar-refractivity contribution is 0.0654. The normalized spacial score (nSPS) is 29.1. The third-order valence-electron chi connectivity index (χ3n) is 4.15. The molecule has 0 amide bonds. The maximum atomic E-state index is 5.39. The van der Waals surface area contributed by atoms with E-state index in [4.69, 9.17) is 4.74 Å². The van der Waals surface area contributed by atoms with Gasteiger partial charge in [0.25, 0.3) is 0 Å². The van der Waals surface area contributed by atoms with Gasteiger partial charge in [0.05, 0.1) is 0 Å². The third kappa shape index (κ3) is 4.94. The SMILES string of the molecule is CC(CC1CCCCN1)NCC1CCOCC1. The van der Waals surface area contributed by atoms with Gasteiger partial charge in [-0.3, -0.25) is 0 Å². The van der Waals surface area contributed by atoms with Crippen LogP contribution in [0.1, 0.15) is 45.4 Å². The Labute approximate surface area is 106 Å². The van der Waals surface area contributed by atoms with Crippen molar-refractivity contribution in [2.75, 3.05) is 26.3 Å². The Morgan fingerprint density at radius 1 is 1.24 bits per heavy atom. The molecule has 0 spiro atoms. The lowest BCUT2D eigenvalue weighted by Crippen LogP contribution is -2.41. The van der Waals surface area contributed by atoms with Crippen LogP contribution in [0.5, 0.6) is 0 Å². The second kappa shape index (κ2) is 7.34. The van der Waals surface area contributed by atoms with Crippen LogP contribution in [-0.4, -0.2) is 38.4 Å². The molecule has 0 aliphatic carbocycles. The molecule has 2 saturated heterocycles. The molecule has 0 aromatic carbocycles. The van der Waals surface area contributed by atoms with Crippen LogP contribution in [0.2, 0.25) is 0 Å². The summed E-state index contributed by atoms with van der Waals surface area (Å²) in [5.74, 6) is 0.838. The molecule has 2 aliphatic heterocycles. The van der Waals surface area contributed by atoms with E-state index < -0.39 is 0 Å². The summed E-state index contributed by atoms with van der Waals surface area (Å²) in [7, 11) is 0. The van der Waals surface area contributed by atoms with Crippen LogP contribution in [-0.2, 0) is 4.74 Å². The van der Waals surface area contributed by atoms with Crippen molar-refractivity contribution >= 4 is 0 Å².